The molecule has 1 aliphatic rings. The maximum atomic E-state index is 10.8. The number of nitro benzene ring substituents is 1. The van der Waals surface area contributed by atoms with Gasteiger partial charge in [0, 0.05) is 62.2 Å². The van der Waals surface area contributed by atoms with Gasteiger partial charge in [0.1, 0.15) is 5.82 Å². The molecule has 8 heteroatoms. The molecule has 1 N–H and O–H groups in total. The maximum absolute atomic E-state index is 10.8. The predicted molar refractivity (Wildman–Crippen MR) is 99.2 cm³/mol. The zero-order valence-electron chi connectivity index (χ0n) is 15.0. The first-order valence-electron chi connectivity index (χ1n) is 8.68. The fourth-order valence-corrected chi connectivity index (χ4v) is 3.11. The minimum atomic E-state index is -0.418. The van der Waals surface area contributed by atoms with E-state index in [9.17, 15) is 15.2 Å². The Bertz CT molecular complexity index is 771. The number of aromatic nitrogens is 2. The Balaban J connectivity index is 1.77. The molecule has 3 rings (SSSR count). The van der Waals surface area contributed by atoms with E-state index >= 15 is 0 Å². The Morgan fingerprint density at radius 1 is 1.19 bits per heavy atom. The van der Waals surface area contributed by atoms with Crippen LogP contribution < -0.4 is 4.90 Å². The van der Waals surface area contributed by atoms with Gasteiger partial charge in [-0.3, -0.25) is 15.0 Å². The van der Waals surface area contributed by atoms with Crippen LogP contribution in [0, 0.1) is 17.0 Å². The Morgan fingerprint density at radius 2 is 1.85 bits per heavy atom. The van der Waals surface area contributed by atoms with E-state index in [1.807, 2.05) is 13.0 Å². The molecule has 26 heavy (non-hydrogen) atoms. The van der Waals surface area contributed by atoms with E-state index < -0.39 is 4.92 Å². The number of nitro groups is 1. The molecule has 0 spiro atoms. The van der Waals surface area contributed by atoms with Crippen molar-refractivity contribution in [3.05, 3.63) is 46.1 Å². The number of piperazine rings is 1. The summed E-state index contributed by atoms with van der Waals surface area (Å²) < 4.78 is 0. The van der Waals surface area contributed by atoms with Gasteiger partial charge in [0.05, 0.1) is 11.0 Å². The summed E-state index contributed by atoms with van der Waals surface area (Å²) in [7, 11) is 0. The summed E-state index contributed by atoms with van der Waals surface area (Å²) in [6, 6.07) is 8.25. The third-order valence-corrected chi connectivity index (χ3v) is 4.40. The van der Waals surface area contributed by atoms with Crippen LogP contribution in [0.5, 0.6) is 0 Å². The molecule has 0 unspecified atom stereocenters. The molecule has 1 atom stereocenters. The molecule has 1 aromatic heterocycles. The van der Waals surface area contributed by atoms with Gasteiger partial charge in [0.25, 0.3) is 5.69 Å². The van der Waals surface area contributed by atoms with Gasteiger partial charge in [0.15, 0.2) is 5.82 Å². The number of benzene rings is 1. The summed E-state index contributed by atoms with van der Waals surface area (Å²) >= 11 is 0. The van der Waals surface area contributed by atoms with Gasteiger partial charge in [-0.25, -0.2) is 9.97 Å². The number of anilines is 1. The lowest BCUT2D eigenvalue weighted by Gasteiger charge is -2.36. The maximum Gasteiger partial charge on any atom is 0.269 e. The van der Waals surface area contributed by atoms with E-state index in [1.54, 1.807) is 19.1 Å². The largest absolute Gasteiger partial charge is 0.392 e. The highest BCUT2D eigenvalue weighted by Crippen LogP contribution is 2.23. The van der Waals surface area contributed by atoms with Crippen molar-refractivity contribution in [3.8, 4) is 11.4 Å². The van der Waals surface area contributed by atoms with Gasteiger partial charge >= 0.3 is 0 Å². The number of β-amino-alcohol motifs (C(OH)–C–C–N with tert-alkyl or cyclic N) is 1. The molecule has 1 saturated heterocycles. The van der Waals surface area contributed by atoms with Gasteiger partial charge in [-0.2, -0.15) is 0 Å². The van der Waals surface area contributed by atoms with Crippen molar-refractivity contribution in [2.75, 3.05) is 37.6 Å². The third-order valence-electron chi connectivity index (χ3n) is 4.40. The van der Waals surface area contributed by atoms with Crippen molar-refractivity contribution < 1.29 is 10.0 Å². The van der Waals surface area contributed by atoms with Crippen LogP contribution >= 0.6 is 0 Å². The Labute approximate surface area is 152 Å². The van der Waals surface area contributed by atoms with Crippen LogP contribution in [0.4, 0.5) is 11.5 Å². The van der Waals surface area contributed by atoms with E-state index in [1.165, 1.54) is 12.1 Å². The van der Waals surface area contributed by atoms with E-state index in [0.717, 1.165) is 43.3 Å². The third kappa shape index (κ3) is 4.33. The predicted octanol–water partition coefficient (Wildman–Crippen LogP) is 1.86. The van der Waals surface area contributed by atoms with Crippen LogP contribution in [0.25, 0.3) is 11.4 Å². The molecule has 138 valence electrons. The van der Waals surface area contributed by atoms with E-state index in [-0.39, 0.29) is 11.8 Å². The molecule has 0 aliphatic carbocycles. The van der Waals surface area contributed by atoms with Crippen LogP contribution in [0.3, 0.4) is 0 Å². The average molecular weight is 357 g/mol. The van der Waals surface area contributed by atoms with Crippen molar-refractivity contribution in [3.63, 3.8) is 0 Å². The van der Waals surface area contributed by atoms with Crippen molar-refractivity contribution in [2.24, 2.45) is 0 Å². The molecule has 1 aliphatic heterocycles. The molecule has 0 amide bonds. The molecule has 0 radical (unpaired) electrons. The Hall–Kier alpha value is -2.58. The number of aryl methyl sites for hydroxylation is 1. The van der Waals surface area contributed by atoms with Crippen molar-refractivity contribution in [1.29, 1.82) is 0 Å². The van der Waals surface area contributed by atoms with Crippen LogP contribution in [0.1, 0.15) is 12.6 Å². The number of non-ortho nitro benzene ring substituents is 1. The minimum Gasteiger partial charge on any atom is -0.392 e. The SMILES string of the molecule is Cc1cc(N2CCN(C[C@@H](C)O)CC2)nc(-c2ccc([N+](=O)[O-])cc2)n1. The molecule has 8 nitrogen and oxygen atoms in total. The van der Waals surface area contributed by atoms with Crippen LogP contribution in [-0.2, 0) is 0 Å². The second kappa shape index (κ2) is 7.76. The van der Waals surface area contributed by atoms with Crippen molar-refractivity contribution in [2.45, 2.75) is 20.0 Å². The van der Waals surface area contributed by atoms with Gasteiger partial charge < -0.3 is 10.0 Å². The number of aliphatic hydroxyl groups excluding tert-OH is 1. The van der Waals surface area contributed by atoms with Gasteiger partial charge in [-0.1, -0.05) is 0 Å². The van der Waals surface area contributed by atoms with Crippen molar-refractivity contribution in [1.82, 2.24) is 14.9 Å². The molecular weight excluding hydrogens is 334 g/mol. The summed E-state index contributed by atoms with van der Waals surface area (Å²) in [5, 5.41) is 20.3. The lowest BCUT2D eigenvalue weighted by Crippen LogP contribution is -2.48. The monoisotopic (exact) mass is 357 g/mol. The minimum absolute atomic E-state index is 0.0517. The van der Waals surface area contributed by atoms with Gasteiger partial charge in [-0.05, 0) is 26.0 Å². The number of hydrogen-bond acceptors (Lipinski definition) is 7. The number of hydrogen-bond donors (Lipinski definition) is 1. The number of nitrogens with zero attached hydrogens (tertiary/aromatic N) is 5. The van der Waals surface area contributed by atoms with Gasteiger partial charge in [-0.15, -0.1) is 0 Å². The number of aliphatic hydroxyl groups is 1. The fraction of sp³-hybridized carbons (Fsp3) is 0.444. The Morgan fingerprint density at radius 3 is 2.42 bits per heavy atom. The summed E-state index contributed by atoms with van der Waals surface area (Å²) in [5.41, 5.74) is 1.67. The highest BCUT2D eigenvalue weighted by molar-refractivity contribution is 5.60. The van der Waals surface area contributed by atoms with Crippen molar-refractivity contribution >= 4 is 11.5 Å². The Kier molecular flexibility index (Phi) is 5.43. The van der Waals surface area contributed by atoms with E-state index in [0.29, 0.717) is 12.4 Å². The molecule has 0 bridgehead atoms. The van der Waals surface area contributed by atoms with Crippen LogP contribution in [0.15, 0.2) is 30.3 Å². The van der Waals surface area contributed by atoms with Gasteiger partial charge in [0.2, 0.25) is 0 Å². The standard InChI is InChI=1S/C18H23N5O3/c1-13-11-17(22-9-7-21(8-10-22)12-14(2)24)20-18(19-13)15-3-5-16(6-4-15)23(25)26/h3-6,11,14,24H,7-10,12H2,1-2H3/t14-/m1/s1. The van der Waals surface area contributed by atoms with E-state index in [4.69, 9.17) is 0 Å². The quantitative estimate of drug-likeness (QED) is 0.644. The van der Waals surface area contributed by atoms with Crippen LogP contribution in [0.2, 0.25) is 0 Å². The first-order chi connectivity index (χ1) is 12.4. The summed E-state index contributed by atoms with van der Waals surface area (Å²) in [6.07, 6.45) is -0.323. The smallest absolute Gasteiger partial charge is 0.269 e. The molecule has 1 aromatic carbocycles. The first kappa shape index (κ1) is 18.2. The second-order valence-electron chi connectivity index (χ2n) is 6.63. The zero-order valence-corrected chi connectivity index (χ0v) is 15.0. The van der Waals surface area contributed by atoms with Crippen LogP contribution in [-0.4, -0.2) is 63.7 Å². The molecule has 2 heterocycles. The van der Waals surface area contributed by atoms with E-state index in [2.05, 4.69) is 19.8 Å². The summed E-state index contributed by atoms with van der Waals surface area (Å²) in [4.78, 5) is 24.0. The highest BCUT2D eigenvalue weighted by Gasteiger charge is 2.20. The second-order valence-corrected chi connectivity index (χ2v) is 6.63. The molecule has 0 saturated carbocycles. The molecule has 1 fully saturated rings. The zero-order chi connectivity index (χ0) is 18.7. The lowest BCUT2D eigenvalue weighted by atomic mass is 10.2. The number of rotatable bonds is 5. The molecular formula is C18H23N5O3. The summed E-state index contributed by atoms with van der Waals surface area (Å²) in [6.45, 7) is 7.83. The molecule has 2 aromatic rings. The average Bonchev–Trinajstić information content (AvgIpc) is 2.61. The first-order valence-corrected chi connectivity index (χ1v) is 8.68. The topological polar surface area (TPSA) is 95.6 Å². The lowest BCUT2D eigenvalue weighted by molar-refractivity contribution is -0.384. The summed E-state index contributed by atoms with van der Waals surface area (Å²) in [5.74, 6) is 1.43. The highest BCUT2D eigenvalue weighted by atomic mass is 16.6. The normalized spacial score (nSPS) is 16.5. The fourth-order valence-electron chi connectivity index (χ4n) is 3.11.